The zero-order valence-corrected chi connectivity index (χ0v) is 11.8. The Kier molecular flexibility index (Phi) is 3.36. The number of rotatable bonds is 6. The van der Waals surface area contributed by atoms with Crippen LogP contribution in [0.15, 0.2) is 0 Å². The van der Waals surface area contributed by atoms with Crippen LogP contribution in [0.5, 0.6) is 0 Å². The Morgan fingerprint density at radius 2 is 1.69 bits per heavy atom. The van der Waals surface area contributed by atoms with Crippen LogP contribution in [-0.4, -0.2) is 24.0 Å². The largest absolute Gasteiger partial charge is 0.299 e. The highest BCUT2D eigenvalue weighted by Crippen LogP contribution is 2.65. The van der Waals surface area contributed by atoms with Gasteiger partial charge in [-0.25, -0.2) is 0 Å². The maximum absolute atomic E-state index is 2.67. The molecule has 2 aliphatic rings. The average molecular weight is 223 g/mol. The molecule has 16 heavy (non-hydrogen) atoms. The summed E-state index contributed by atoms with van der Waals surface area (Å²) in [4.78, 5) is 2.67. The quantitative estimate of drug-likeness (QED) is 0.662. The van der Waals surface area contributed by atoms with Crippen LogP contribution in [0, 0.1) is 23.2 Å². The average Bonchev–Trinajstić information content (AvgIpc) is 2.71. The SMILES string of the molecule is CCN1CC2(C(CC(C)C)CC(C)C)CC12. The standard InChI is InChI=1S/C15H29N/c1-6-16-10-15(9-14(15)16)13(7-11(2)3)8-12(4)5/h11-14H,6-10H2,1-5H3. The van der Waals surface area contributed by atoms with Crippen LogP contribution in [0.3, 0.4) is 0 Å². The first-order chi connectivity index (χ1) is 7.49. The molecule has 1 nitrogen and oxygen atoms in total. The summed E-state index contributed by atoms with van der Waals surface area (Å²) in [6.07, 6.45) is 4.41. The highest BCUT2D eigenvalue weighted by molar-refractivity contribution is 5.21. The Bertz CT molecular complexity index is 236. The van der Waals surface area contributed by atoms with Crippen molar-refractivity contribution in [3.63, 3.8) is 0 Å². The second kappa shape index (κ2) is 4.33. The van der Waals surface area contributed by atoms with Crippen molar-refractivity contribution >= 4 is 0 Å². The smallest absolute Gasteiger partial charge is 0.0174 e. The number of hydrogen-bond donors (Lipinski definition) is 0. The van der Waals surface area contributed by atoms with Crippen LogP contribution in [0.25, 0.3) is 0 Å². The fraction of sp³-hybridized carbons (Fsp3) is 1.00. The van der Waals surface area contributed by atoms with E-state index in [1.54, 1.807) is 0 Å². The minimum atomic E-state index is 0.768. The van der Waals surface area contributed by atoms with Gasteiger partial charge < -0.3 is 0 Å². The molecule has 0 amide bonds. The maximum atomic E-state index is 2.67. The van der Waals surface area contributed by atoms with Crippen molar-refractivity contribution in [3.8, 4) is 0 Å². The van der Waals surface area contributed by atoms with Gasteiger partial charge in [0.2, 0.25) is 0 Å². The summed E-state index contributed by atoms with van der Waals surface area (Å²) in [7, 11) is 0. The molecule has 1 saturated heterocycles. The molecule has 0 bridgehead atoms. The topological polar surface area (TPSA) is 3.24 Å². The third-order valence-corrected chi connectivity index (χ3v) is 4.75. The van der Waals surface area contributed by atoms with Gasteiger partial charge in [0.25, 0.3) is 0 Å². The van der Waals surface area contributed by atoms with Crippen molar-refractivity contribution in [1.29, 1.82) is 0 Å². The molecule has 1 saturated carbocycles. The molecule has 0 spiro atoms. The zero-order valence-electron chi connectivity index (χ0n) is 11.8. The number of likely N-dealkylation sites (tertiary alicyclic amines) is 1. The van der Waals surface area contributed by atoms with E-state index in [0.29, 0.717) is 0 Å². The van der Waals surface area contributed by atoms with Crippen molar-refractivity contribution in [2.45, 2.75) is 59.9 Å². The Morgan fingerprint density at radius 1 is 1.12 bits per heavy atom. The second-order valence-corrected chi connectivity index (χ2v) is 6.97. The van der Waals surface area contributed by atoms with E-state index >= 15 is 0 Å². The highest BCUT2D eigenvalue weighted by Gasteiger charge is 2.68. The minimum absolute atomic E-state index is 0.768. The molecular formula is C15H29N. The molecule has 2 fully saturated rings. The van der Waals surface area contributed by atoms with Crippen LogP contribution in [0.2, 0.25) is 0 Å². The van der Waals surface area contributed by atoms with Crippen molar-refractivity contribution in [2.24, 2.45) is 23.2 Å². The van der Waals surface area contributed by atoms with Gasteiger partial charge in [-0.1, -0.05) is 34.6 Å². The van der Waals surface area contributed by atoms with Gasteiger partial charge in [0, 0.05) is 18.0 Å². The Labute approximate surface area is 102 Å². The summed E-state index contributed by atoms with van der Waals surface area (Å²) in [5.74, 6) is 2.74. The molecule has 2 unspecified atom stereocenters. The van der Waals surface area contributed by atoms with Crippen molar-refractivity contribution in [3.05, 3.63) is 0 Å². The van der Waals surface area contributed by atoms with E-state index in [9.17, 15) is 0 Å². The lowest BCUT2D eigenvalue weighted by atomic mass is 9.74. The van der Waals surface area contributed by atoms with Crippen LogP contribution < -0.4 is 0 Å². The first kappa shape index (κ1) is 12.4. The van der Waals surface area contributed by atoms with Gasteiger partial charge in [0.05, 0.1) is 0 Å². The first-order valence-electron chi connectivity index (χ1n) is 7.23. The van der Waals surface area contributed by atoms with Crippen molar-refractivity contribution in [2.75, 3.05) is 13.1 Å². The van der Waals surface area contributed by atoms with Gasteiger partial charge >= 0.3 is 0 Å². The molecule has 2 atom stereocenters. The van der Waals surface area contributed by atoms with E-state index in [2.05, 4.69) is 39.5 Å². The van der Waals surface area contributed by atoms with E-state index < -0.39 is 0 Å². The molecule has 1 aliphatic heterocycles. The molecule has 2 rings (SSSR count). The number of fused-ring (bicyclic) bond motifs is 1. The molecule has 0 aromatic carbocycles. The fourth-order valence-corrected chi connectivity index (χ4v) is 3.94. The van der Waals surface area contributed by atoms with E-state index in [0.717, 1.165) is 29.2 Å². The van der Waals surface area contributed by atoms with Crippen LogP contribution in [0.1, 0.15) is 53.9 Å². The van der Waals surface area contributed by atoms with E-state index in [1.807, 2.05) is 0 Å². The molecule has 0 N–H and O–H groups in total. The summed E-state index contributed by atoms with van der Waals surface area (Å²) in [5, 5.41) is 0. The molecule has 1 heteroatoms. The molecule has 1 aliphatic carbocycles. The van der Waals surface area contributed by atoms with Gasteiger partial charge in [0.15, 0.2) is 0 Å². The third-order valence-electron chi connectivity index (χ3n) is 4.75. The molecule has 94 valence electrons. The molecule has 0 aromatic rings. The summed E-state index contributed by atoms with van der Waals surface area (Å²) in [5.41, 5.74) is 0.768. The first-order valence-corrected chi connectivity index (χ1v) is 7.23. The predicted molar refractivity (Wildman–Crippen MR) is 70.5 cm³/mol. The normalized spacial score (nSPS) is 33.4. The fourth-order valence-electron chi connectivity index (χ4n) is 3.94. The summed E-state index contributed by atoms with van der Waals surface area (Å²) < 4.78 is 0. The van der Waals surface area contributed by atoms with E-state index in [1.165, 1.54) is 32.4 Å². The Balaban J connectivity index is 1.94. The lowest BCUT2D eigenvalue weighted by Crippen LogP contribution is -2.50. The Hall–Kier alpha value is -0.0400. The van der Waals surface area contributed by atoms with Crippen molar-refractivity contribution in [1.82, 2.24) is 4.90 Å². The van der Waals surface area contributed by atoms with E-state index in [4.69, 9.17) is 0 Å². The summed E-state index contributed by atoms with van der Waals surface area (Å²) in [6, 6.07) is 0.972. The monoisotopic (exact) mass is 223 g/mol. The van der Waals surface area contributed by atoms with Gasteiger partial charge in [-0.05, 0) is 43.6 Å². The molecule has 1 heterocycles. The molecule has 0 aromatic heterocycles. The number of nitrogens with zero attached hydrogens (tertiary/aromatic N) is 1. The van der Waals surface area contributed by atoms with Gasteiger partial charge in [0.1, 0.15) is 0 Å². The van der Waals surface area contributed by atoms with Crippen LogP contribution >= 0.6 is 0 Å². The minimum Gasteiger partial charge on any atom is -0.299 e. The maximum Gasteiger partial charge on any atom is 0.0174 e. The molecular weight excluding hydrogens is 194 g/mol. The summed E-state index contributed by atoms with van der Waals surface area (Å²) in [6.45, 7) is 14.5. The van der Waals surface area contributed by atoms with Crippen LogP contribution in [0.4, 0.5) is 0 Å². The van der Waals surface area contributed by atoms with Crippen LogP contribution in [-0.2, 0) is 0 Å². The lowest BCUT2D eigenvalue weighted by Gasteiger charge is -2.44. The third kappa shape index (κ3) is 2.03. The lowest BCUT2D eigenvalue weighted by molar-refractivity contribution is 0.0390. The number of hydrogen-bond acceptors (Lipinski definition) is 1. The van der Waals surface area contributed by atoms with Gasteiger partial charge in [-0.15, -0.1) is 0 Å². The van der Waals surface area contributed by atoms with Gasteiger partial charge in [-0.3, -0.25) is 4.90 Å². The zero-order chi connectivity index (χ0) is 11.9. The molecule has 0 radical (unpaired) electrons. The van der Waals surface area contributed by atoms with Crippen molar-refractivity contribution < 1.29 is 0 Å². The van der Waals surface area contributed by atoms with E-state index in [-0.39, 0.29) is 0 Å². The Morgan fingerprint density at radius 3 is 2.06 bits per heavy atom. The predicted octanol–water partition coefficient (Wildman–Crippen LogP) is 3.79. The second-order valence-electron chi connectivity index (χ2n) is 6.97. The van der Waals surface area contributed by atoms with Gasteiger partial charge in [-0.2, -0.15) is 0 Å². The highest BCUT2D eigenvalue weighted by atomic mass is 15.3. The summed E-state index contributed by atoms with van der Waals surface area (Å²) >= 11 is 0.